The van der Waals surface area contributed by atoms with E-state index in [9.17, 15) is 9.90 Å². The molecule has 5 rings (SSSR count). The summed E-state index contributed by atoms with van der Waals surface area (Å²) in [6, 6.07) is 0. The second-order valence-corrected chi connectivity index (χ2v) is 11.6. The Labute approximate surface area is 192 Å². The van der Waals surface area contributed by atoms with Crippen molar-refractivity contribution in [2.45, 2.75) is 90.5 Å². The molecule has 180 valence electrons. The zero-order chi connectivity index (χ0) is 23.0. The summed E-state index contributed by atoms with van der Waals surface area (Å²) in [5.74, 6) is 1.71. The van der Waals surface area contributed by atoms with Gasteiger partial charge in [-0.1, -0.05) is 32.4 Å². The first-order chi connectivity index (χ1) is 15.2. The number of epoxide rings is 1. The van der Waals surface area contributed by atoms with Gasteiger partial charge in [-0.3, -0.25) is 4.79 Å². The Kier molecular flexibility index (Phi) is 5.56. The molecule has 6 nitrogen and oxygen atoms in total. The third-order valence-corrected chi connectivity index (χ3v) is 10.4. The van der Waals surface area contributed by atoms with Gasteiger partial charge in [0.2, 0.25) is 0 Å². The molecule has 3 saturated carbocycles. The van der Waals surface area contributed by atoms with E-state index in [0.29, 0.717) is 30.1 Å². The minimum absolute atomic E-state index is 0.00534. The van der Waals surface area contributed by atoms with Crippen molar-refractivity contribution in [1.82, 2.24) is 0 Å². The van der Waals surface area contributed by atoms with E-state index in [1.165, 1.54) is 12.5 Å². The molecule has 4 fully saturated rings. The highest BCUT2D eigenvalue weighted by Crippen LogP contribution is 2.69. The number of fused-ring (bicyclic) bond motifs is 7. The average molecular weight is 449 g/mol. The van der Waals surface area contributed by atoms with E-state index in [2.05, 4.69) is 26.8 Å². The van der Waals surface area contributed by atoms with E-state index >= 15 is 0 Å². The maximum absolute atomic E-state index is 11.6. The fraction of sp³-hybridized carbons (Fsp3) is 0.885. The summed E-state index contributed by atoms with van der Waals surface area (Å²) in [5.41, 5.74) is 1.34. The molecule has 0 aromatic heterocycles. The van der Waals surface area contributed by atoms with E-state index in [4.69, 9.17) is 18.9 Å². The van der Waals surface area contributed by atoms with Gasteiger partial charge in [-0.25, -0.2) is 0 Å². The van der Waals surface area contributed by atoms with Crippen molar-refractivity contribution >= 4 is 5.97 Å². The Morgan fingerprint density at radius 3 is 2.56 bits per heavy atom. The lowest BCUT2D eigenvalue weighted by Crippen LogP contribution is -2.57. The predicted octanol–water partition coefficient (Wildman–Crippen LogP) is 3.71. The summed E-state index contributed by atoms with van der Waals surface area (Å²) in [6.07, 6.45) is 6.60. The SMILES string of the molecule is COC(OC)C(C)[C@H]1CCC2C3C(CC[C@@]21C)[C@]1(C)C(=C[C@H]3O)C[C@@H](OC(C)=O)[C@@H]2O[C@@H]21. The van der Waals surface area contributed by atoms with E-state index in [-0.39, 0.29) is 47.3 Å². The van der Waals surface area contributed by atoms with Crippen LogP contribution in [-0.4, -0.2) is 56.0 Å². The van der Waals surface area contributed by atoms with Crippen molar-refractivity contribution in [3.63, 3.8) is 0 Å². The molecule has 4 unspecified atom stereocenters. The lowest BCUT2D eigenvalue weighted by atomic mass is 9.46. The summed E-state index contributed by atoms with van der Waals surface area (Å²) in [6.45, 7) is 8.52. The summed E-state index contributed by atoms with van der Waals surface area (Å²) in [7, 11) is 3.46. The topological polar surface area (TPSA) is 77.5 Å². The van der Waals surface area contributed by atoms with Gasteiger partial charge in [0, 0.05) is 38.9 Å². The van der Waals surface area contributed by atoms with Crippen LogP contribution < -0.4 is 0 Å². The van der Waals surface area contributed by atoms with Crippen LogP contribution in [0.1, 0.15) is 59.8 Å². The van der Waals surface area contributed by atoms with Crippen LogP contribution in [0.5, 0.6) is 0 Å². The Bertz CT molecular complexity index is 791. The summed E-state index contributed by atoms with van der Waals surface area (Å²) in [4.78, 5) is 11.6. The molecular formula is C26H40O6. The molecular weight excluding hydrogens is 408 g/mol. The molecule has 11 atom stereocenters. The number of aliphatic hydroxyl groups excluding tert-OH is 1. The smallest absolute Gasteiger partial charge is 0.303 e. The van der Waals surface area contributed by atoms with Crippen LogP contribution in [0.4, 0.5) is 0 Å². The Balaban J connectivity index is 1.44. The molecule has 6 heteroatoms. The zero-order valence-electron chi connectivity index (χ0n) is 20.4. The second kappa shape index (κ2) is 7.79. The second-order valence-electron chi connectivity index (χ2n) is 11.6. The minimum atomic E-state index is -0.448. The minimum Gasteiger partial charge on any atom is -0.459 e. The van der Waals surface area contributed by atoms with Crippen LogP contribution in [0, 0.1) is 40.4 Å². The van der Waals surface area contributed by atoms with Crippen molar-refractivity contribution in [2.75, 3.05) is 14.2 Å². The first-order valence-electron chi connectivity index (χ1n) is 12.4. The normalized spacial score (nSPS) is 49.9. The molecule has 5 aliphatic rings. The van der Waals surface area contributed by atoms with Crippen LogP contribution in [0.2, 0.25) is 0 Å². The molecule has 1 heterocycles. The third kappa shape index (κ3) is 3.09. The van der Waals surface area contributed by atoms with Crippen molar-refractivity contribution in [2.24, 2.45) is 40.4 Å². The largest absolute Gasteiger partial charge is 0.459 e. The van der Waals surface area contributed by atoms with Crippen LogP contribution in [0.25, 0.3) is 0 Å². The highest BCUT2D eigenvalue weighted by atomic mass is 16.7. The van der Waals surface area contributed by atoms with Gasteiger partial charge in [-0.15, -0.1) is 0 Å². The van der Waals surface area contributed by atoms with Gasteiger partial charge in [0.15, 0.2) is 6.29 Å². The first kappa shape index (κ1) is 22.8. The van der Waals surface area contributed by atoms with Gasteiger partial charge in [0.25, 0.3) is 0 Å². The van der Waals surface area contributed by atoms with Gasteiger partial charge in [-0.05, 0) is 54.8 Å². The van der Waals surface area contributed by atoms with E-state index < -0.39 is 6.10 Å². The van der Waals surface area contributed by atoms with Crippen molar-refractivity contribution in [3.05, 3.63) is 11.6 Å². The van der Waals surface area contributed by atoms with E-state index in [1.807, 2.05) is 0 Å². The Morgan fingerprint density at radius 1 is 1.19 bits per heavy atom. The molecule has 32 heavy (non-hydrogen) atoms. The lowest BCUT2D eigenvalue weighted by Gasteiger charge is -2.58. The molecule has 0 spiro atoms. The predicted molar refractivity (Wildman–Crippen MR) is 119 cm³/mol. The van der Waals surface area contributed by atoms with E-state index in [0.717, 1.165) is 25.7 Å². The summed E-state index contributed by atoms with van der Waals surface area (Å²) < 4.78 is 23.0. The van der Waals surface area contributed by atoms with Crippen LogP contribution in [-0.2, 0) is 23.7 Å². The standard InChI is InChI=1S/C26H40O6/c1-13(24(29-5)30-6)16-7-8-17-21-18(9-10-25(16,17)3)26(4)15(11-19(21)28)12-20(31-14(2)27)22-23(26)32-22/h11,13,16-24,28H,7-10,12H2,1-6H3/t13?,16-,17?,18?,19-,20-,21?,22+,23+,25-,26+/m1/s1. The number of methoxy groups -OCH3 is 2. The maximum Gasteiger partial charge on any atom is 0.303 e. The summed E-state index contributed by atoms with van der Waals surface area (Å²) in [5, 5.41) is 11.4. The Morgan fingerprint density at radius 2 is 1.91 bits per heavy atom. The molecule has 0 amide bonds. The van der Waals surface area contributed by atoms with Crippen LogP contribution >= 0.6 is 0 Å². The number of hydrogen-bond donors (Lipinski definition) is 1. The van der Waals surface area contributed by atoms with Crippen molar-refractivity contribution < 1.29 is 28.8 Å². The number of carbonyl (C=O) groups is 1. The molecule has 0 aromatic carbocycles. The van der Waals surface area contributed by atoms with Gasteiger partial charge in [0.1, 0.15) is 12.2 Å². The monoisotopic (exact) mass is 448 g/mol. The summed E-state index contributed by atoms with van der Waals surface area (Å²) >= 11 is 0. The number of esters is 1. The number of ether oxygens (including phenoxy) is 4. The Hall–Kier alpha value is -0.950. The fourth-order valence-electron chi connectivity index (χ4n) is 8.95. The lowest BCUT2D eigenvalue weighted by molar-refractivity contribution is -0.164. The van der Waals surface area contributed by atoms with Crippen LogP contribution in [0.3, 0.4) is 0 Å². The molecule has 1 N–H and O–H groups in total. The van der Waals surface area contributed by atoms with E-state index in [1.54, 1.807) is 14.2 Å². The van der Waals surface area contributed by atoms with Gasteiger partial charge >= 0.3 is 5.97 Å². The van der Waals surface area contributed by atoms with Gasteiger partial charge in [-0.2, -0.15) is 0 Å². The molecule has 0 radical (unpaired) electrons. The molecule has 1 aliphatic heterocycles. The first-order valence-corrected chi connectivity index (χ1v) is 12.4. The number of aliphatic hydroxyl groups is 1. The number of carbonyl (C=O) groups excluding carboxylic acids is 1. The highest BCUT2D eigenvalue weighted by Gasteiger charge is 2.69. The van der Waals surface area contributed by atoms with Crippen LogP contribution in [0.15, 0.2) is 11.6 Å². The molecule has 1 saturated heterocycles. The number of rotatable bonds is 5. The molecule has 0 bridgehead atoms. The maximum atomic E-state index is 11.6. The quantitative estimate of drug-likeness (QED) is 0.299. The number of hydrogen-bond acceptors (Lipinski definition) is 6. The highest BCUT2D eigenvalue weighted by molar-refractivity contribution is 5.66. The van der Waals surface area contributed by atoms with Gasteiger partial charge < -0.3 is 24.1 Å². The van der Waals surface area contributed by atoms with Crippen molar-refractivity contribution in [1.29, 1.82) is 0 Å². The molecule has 0 aromatic rings. The zero-order valence-corrected chi connectivity index (χ0v) is 20.4. The third-order valence-electron chi connectivity index (χ3n) is 10.4. The van der Waals surface area contributed by atoms with Crippen molar-refractivity contribution in [3.8, 4) is 0 Å². The fourth-order valence-corrected chi connectivity index (χ4v) is 8.95. The van der Waals surface area contributed by atoms with Gasteiger partial charge in [0.05, 0.1) is 12.2 Å². The molecule has 4 aliphatic carbocycles. The average Bonchev–Trinajstić information content (AvgIpc) is 3.47.